The fraction of sp³-hybridized carbons (Fsp3) is 0.312. The molecular formula is C32H32O6. The molecule has 0 amide bonds. The van der Waals surface area contributed by atoms with Crippen LogP contribution in [0.4, 0.5) is 0 Å². The first-order valence-corrected chi connectivity index (χ1v) is 13.0. The summed E-state index contributed by atoms with van der Waals surface area (Å²) in [6.07, 6.45) is 1.86. The zero-order chi connectivity index (χ0) is 26.8. The number of rotatable bonds is 8. The van der Waals surface area contributed by atoms with Gasteiger partial charge in [0, 0.05) is 35.8 Å². The van der Waals surface area contributed by atoms with Crippen molar-refractivity contribution in [3.05, 3.63) is 127 Å². The Balaban J connectivity index is 1.73. The summed E-state index contributed by atoms with van der Waals surface area (Å²) < 4.78 is 22.5. The van der Waals surface area contributed by atoms with Crippen molar-refractivity contribution in [3.8, 4) is 11.5 Å². The molecular weight excluding hydrogens is 480 g/mol. The number of ether oxygens (including phenoxy) is 2. The average molecular weight is 513 g/mol. The number of hydrogen-bond donors (Lipinski definition) is 0. The molecule has 38 heavy (non-hydrogen) atoms. The van der Waals surface area contributed by atoms with Crippen LogP contribution in [0.1, 0.15) is 71.3 Å². The molecule has 6 nitrogen and oxygen atoms in total. The van der Waals surface area contributed by atoms with Gasteiger partial charge in [-0.15, -0.1) is 0 Å². The lowest BCUT2D eigenvalue weighted by Crippen LogP contribution is -2.40. The van der Waals surface area contributed by atoms with E-state index in [4.69, 9.17) is 18.3 Å². The van der Waals surface area contributed by atoms with E-state index in [1.807, 2.05) is 0 Å². The van der Waals surface area contributed by atoms with Crippen LogP contribution in [0.2, 0.25) is 0 Å². The van der Waals surface area contributed by atoms with Gasteiger partial charge in [0.1, 0.15) is 23.0 Å². The van der Waals surface area contributed by atoms with Crippen molar-refractivity contribution in [2.45, 2.75) is 50.4 Å². The molecule has 0 bridgehead atoms. The van der Waals surface area contributed by atoms with Crippen LogP contribution in [0.5, 0.6) is 11.5 Å². The van der Waals surface area contributed by atoms with Gasteiger partial charge in [-0.25, -0.2) is 9.59 Å². The highest BCUT2D eigenvalue weighted by Gasteiger charge is 2.55. The number of benzene rings is 2. The number of methoxy groups -OCH3 is 2. The van der Waals surface area contributed by atoms with Crippen LogP contribution in [0.15, 0.2) is 91.2 Å². The van der Waals surface area contributed by atoms with Gasteiger partial charge in [-0.3, -0.25) is 0 Å². The third-order valence-corrected chi connectivity index (χ3v) is 7.75. The first-order chi connectivity index (χ1) is 18.4. The first-order valence-electron chi connectivity index (χ1n) is 13.0. The lowest BCUT2D eigenvalue weighted by molar-refractivity contribution is 0.167. The second-order valence-electron chi connectivity index (χ2n) is 9.73. The van der Waals surface area contributed by atoms with Gasteiger partial charge in [0.15, 0.2) is 0 Å². The van der Waals surface area contributed by atoms with Gasteiger partial charge in [-0.05, 0) is 35.1 Å². The van der Waals surface area contributed by atoms with E-state index in [-0.39, 0.29) is 23.7 Å². The van der Waals surface area contributed by atoms with Crippen molar-refractivity contribution in [2.24, 2.45) is 0 Å². The third-order valence-electron chi connectivity index (χ3n) is 7.75. The zero-order valence-electron chi connectivity index (χ0n) is 22.1. The molecule has 5 rings (SSSR count). The summed E-state index contributed by atoms with van der Waals surface area (Å²) in [5.74, 6) is 1.36. The molecule has 0 N–H and O–H groups in total. The van der Waals surface area contributed by atoms with Crippen LogP contribution in [-0.4, -0.2) is 14.2 Å². The van der Waals surface area contributed by atoms with Gasteiger partial charge >= 0.3 is 11.3 Å². The maximum Gasteiger partial charge on any atom is 0.339 e. The molecule has 0 saturated heterocycles. The predicted molar refractivity (Wildman–Crippen MR) is 146 cm³/mol. The molecule has 0 unspecified atom stereocenters. The van der Waals surface area contributed by atoms with Gasteiger partial charge in [0.25, 0.3) is 0 Å². The van der Waals surface area contributed by atoms with Gasteiger partial charge in [-0.2, -0.15) is 0 Å². The Hall–Kier alpha value is -4.06. The zero-order valence-corrected chi connectivity index (χ0v) is 22.1. The van der Waals surface area contributed by atoms with Crippen LogP contribution in [0, 0.1) is 0 Å². The second-order valence-corrected chi connectivity index (χ2v) is 9.73. The van der Waals surface area contributed by atoms with E-state index in [1.165, 1.54) is 37.5 Å². The highest BCUT2D eigenvalue weighted by atomic mass is 16.5. The monoisotopic (exact) mass is 512 g/mol. The molecule has 0 radical (unpaired) electrons. The molecule has 0 spiro atoms. The normalized spacial score (nSPS) is 20.5. The number of hydrogen-bond acceptors (Lipinski definition) is 6. The summed E-state index contributed by atoms with van der Waals surface area (Å²) in [4.78, 5) is 25.0. The van der Waals surface area contributed by atoms with Crippen LogP contribution < -0.4 is 20.7 Å². The highest BCUT2D eigenvalue weighted by molar-refractivity contribution is 5.46. The highest BCUT2D eigenvalue weighted by Crippen LogP contribution is 2.66. The number of aryl methyl sites for hydroxylation is 2. The Labute approximate surface area is 221 Å². The van der Waals surface area contributed by atoms with Crippen molar-refractivity contribution in [3.63, 3.8) is 0 Å². The summed E-state index contributed by atoms with van der Waals surface area (Å²) in [6.45, 7) is 4.24. The molecule has 2 aromatic carbocycles. The van der Waals surface area contributed by atoms with Gasteiger partial charge < -0.3 is 18.3 Å². The van der Waals surface area contributed by atoms with E-state index in [9.17, 15) is 9.59 Å². The van der Waals surface area contributed by atoms with E-state index >= 15 is 0 Å². The molecule has 1 fully saturated rings. The van der Waals surface area contributed by atoms with Gasteiger partial charge in [-0.1, -0.05) is 62.4 Å². The van der Waals surface area contributed by atoms with Crippen molar-refractivity contribution in [1.82, 2.24) is 0 Å². The van der Waals surface area contributed by atoms with Crippen LogP contribution >= 0.6 is 0 Å². The molecule has 196 valence electrons. The average Bonchev–Trinajstić information content (AvgIpc) is 2.92. The lowest BCUT2D eigenvalue weighted by Gasteiger charge is -2.51. The minimum Gasteiger partial charge on any atom is -0.496 e. The first kappa shape index (κ1) is 25.6. The maximum absolute atomic E-state index is 12.5. The minimum atomic E-state index is -0.462. The fourth-order valence-electron chi connectivity index (χ4n) is 5.75. The quantitative estimate of drug-likeness (QED) is 0.280. The summed E-state index contributed by atoms with van der Waals surface area (Å²) >= 11 is 0. The Kier molecular flexibility index (Phi) is 7.23. The molecule has 4 aromatic rings. The van der Waals surface area contributed by atoms with Gasteiger partial charge in [0.05, 0.1) is 26.4 Å². The molecule has 0 atom stereocenters. The Morgan fingerprint density at radius 2 is 0.947 bits per heavy atom. The van der Waals surface area contributed by atoms with Crippen LogP contribution in [-0.2, 0) is 12.8 Å². The summed E-state index contributed by atoms with van der Waals surface area (Å²) in [7, 11) is 3.07. The van der Waals surface area contributed by atoms with E-state index < -0.39 is 11.3 Å². The van der Waals surface area contributed by atoms with Crippen molar-refractivity contribution in [1.29, 1.82) is 0 Å². The molecule has 0 aliphatic heterocycles. The Bertz CT molecular complexity index is 1390. The SMILES string of the molecule is CCc1ccc(C2C(c3cc(OC)cc(=O)o3)C(c3ccc(CC)cc3)C2c2cc(OC)cc(=O)o2)cc1. The van der Waals surface area contributed by atoms with Crippen LogP contribution in [0.25, 0.3) is 0 Å². The molecule has 1 saturated carbocycles. The molecule has 2 heterocycles. The predicted octanol–water partition coefficient (Wildman–Crippen LogP) is 6.18. The van der Waals surface area contributed by atoms with E-state index in [2.05, 4.69) is 62.4 Å². The third kappa shape index (κ3) is 4.78. The lowest BCUT2D eigenvalue weighted by atomic mass is 9.51. The van der Waals surface area contributed by atoms with Crippen molar-refractivity contribution < 1.29 is 18.3 Å². The molecule has 1 aliphatic carbocycles. The Morgan fingerprint density at radius 1 is 0.579 bits per heavy atom. The standard InChI is InChI=1S/C32H32O6/c1-5-19-7-11-21(12-8-19)29-31(25-15-23(35-3)17-27(33)37-25)30(22-13-9-20(6-2)10-14-22)32(29)26-16-24(36-4)18-28(34)38-26/h7-18,29-32H,5-6H2,1-4H3. The molecule has 6 heteroatoms. The van der Waals surface area contributed by atoms with E-state index in [1.54, 1.807) is 12.1 Å². The van der Waals surface area contributed by atoms with E-state index in [0.29, 0.717) is 23.0 Å². The largest absolute Gasteiger partial charge is 0.496 e. The van der Waals surface area contributed by atoms with E-state index in [0.717, 1.165) is 24.0 Å². The smallest absolute Gasteiger partial charge is 0.339 e. The van der Waals surface area contributed by atoms with Crippen molar-refractivity contribution >= 4 is 0 Å². The second kappa shape index (κ2) is 10.7. The van der Waals surface area contributed by atoms with Crippen LogP contribution in [0.3, 0.4) is 0 Å². The van der Waals surface area contributed by atoms with Crippen molar-refractivity contribution in [2.75, 3.05) is 14.2 Å². The molecule has 2 aromatic heterocycles. The molecule has 1 aliphatic rings. The van der Waals surface area contributed by atoms with Gasteiger partial charge in [0.2, 0.25) is 0 Å². The fourth-order valence-corrected chi connectivity index (χ4v) is 5.75. The summed E-state index contributed by atoms with van der Waals surface area (Å²) in [5, 5.41) is 0. The Morgan fingerprint density at radius 3 is 1.26 bits per heavy atom. The summed E-state index contributed by atoms with van der Waals surface area (Å²) in [6, 6.07) is 23.3. The summed E-state index contributed by atoms with van der Waals surface area (Å²) in [5.41, 5.74) is 3.69. The maximum atomic E-state index is 12.5. The minimum absolute atomic E-state index is 0.123. The topological polar surface area (TPSA) is 78.9 Å².